The van der Waals surface area contributed by atoms with Crippen molar-refractivity contribution < 1.29 is 23.2 Å². The van der Waals surface area contributed by atoms with Gasteiger partial charge in [0.15, 0.2) is 11.6 Å². The van der Waals surface area contributed by atoms with E-state index in [1.54, 1.807) is 12.1 Å². The minimum Gasteiger partial charge on any atom is -0.435 e. The number of anilines is 1. The number of nitro benzene ring substituents is 1. The van der Waals surface area contributed by atoms with Crippen LogP contribution in [-0.4, -0.2) is 52.6 Å². The second-order valence-electron chi connectivity index (χ2n) is 8.41. The number of benzene rings is 2. The zero-order valence-electron chi connectivity index (χ0n) is 18.8. The van der Waals surface area contributed by atoms with Crippen LogP contribution in [0.1, 0.15) is 16.8 Å². The van der Waals surface area contributed by atoms with Crippen LogP contribution in [0.4, 0.5) is 20.4 Å². The summed E-state index contributed by atoms with van der Waals surface area (Å²) >= 11 is 0. The van der Waals surface area contributed by atoms with Gasteiger partial charge in [-0.05, 0) is 17.7 Å². The SMILES string of the molecule is O=[N+]([O-])c1ccc(CN2CCc3nc(N4CCOCC4)nc(Oc4ccc(F)cc4F)c3C2)cc1. The molecule has 182 valence electrons. The number of fused-ring (bicyclic) bond motifs is 1. The van der Waals surface area contributed by atoms with Gasteiger partial charge in [0.25, 0.3) is 5.69 Å². The van der Waals surface area contributed by atoms with Crippen molar-refractivity contribution in [3.05, 3.63) is 81.0 Å². The second kappa shape index (κ2) is 9.88. The standard InChI is InChI=1S/C24H23F2N5O4/c25-17-3-6-22(20(26)13-17)35-23-19-15-29(14-16-1-4-18(5-2-16)31(32)33)8-7-21(19)27-24(28-23)30-9-11-34-12-10-30/h1-6,13H,7-12,14-15H2. The third-order valence-corrected chi connectivity index (χ3v) is 6.04. The number of hydrogen-bond donors (Lipinski definition) is 0. The zero-order chi connectivity index (χ0) is 24.4. The van der Waals surface area contributed by atoms with Crippen molar-refractivity contribution in [3.8, 4) is 11.6 Å². The van der Waals surface area contributed by atoms with Crippen LogP contribution in [0.3, 0.4) is 0 Å². The molecule has 2 aromatic carbocycles. The zero-order valence-corrected chi connectivity index (χ0v) is 18.8. The van der Waals surface area contributed by atoms with Gasteiger partial charge in [0.1, 0.15) is 5.82 Å². The molecule has 11 heteroatoms. The summed E-state index contributed by atoms with van der Waals surface area (Å²) in [6, 6.07) is 9.58. The molecule has 35 heavy (non-hydrogen) atoms. The minimum atomic E-state index is -0.816. The lowest BCUT2D eigenvalue weighted by Gasteiger charge is -2.31. The topological polar surface area (TPSA) is 93.9 Å². The van der Waals surface area contributed by atoms with Gasteiger partial charge in [-0.15, -0.1) is 0 Å². The van der Waals surface area contributed by atoms with E-state index in [0.717, 1.165) is 29.0 Å². The molecular formula is C24H23F2N5O4. The first-order valence-corrected chi connectivity index (χ1v) is 11.3. The van der Waals surface area contributed by atoms with Crippen LogP contribution in [0.5, 0.6) is 11.6 Å². The van der Waals surface area contributed by atoms with Gasteiger partial charge >= 0.3 is 0 Å². The number of nitrogens with zero attached hydrogens (tertiary/aromatic N) is 5. The van der Waals surface area contributed by atoms with E-state index < -0.39 is 16.6 Å². The maximum Gasteiger partial charge on any atom is 0.269 e. The summed E-state index contributed by atoms with van der Waals surface area (Å²) in [5, 5.41) is 10.9. The molecule has 0 amide bonds. The van der Waals surface area contributed by atoms with Gasteiger partial charge in [-0.3, -0.25) is 15.0 Å². The molecule has 0 bridgehead atoms. The third-order valence-electron chi connectivity index (χ3n) is 6.04. The number of morpholine rings is 1. The van der Waals surface area contributed by atoms with Crippen molar-refractivity contribution in [2.75, 3.05) is 37.7 Å². The second-order valence-corrected chi connectivity index (χ2v) is 8.41. The average Bonchev–Trinajstić information content (AvgIpc) is 2.86. The van der Waals surface area contributed by atoms with Crippen LogP contribution < -0.4 is 9.64 Å². The van der Waals surface area contributed by atoms with E-state index in [1.807, 2.05) is 4.90 Å². The average molecular weight is 483 g/mol. The van der Waals surface area contributed by atoms with Crippen molar-refractivity contribution in [2.24, 2.45) is 0 Å². The van der Waals surface area contributed by atoms with Crippen LogP contribution in [-0.2, 0) is 24.2 Å². The Balaban J connectivity index is 1.43. The number of non-ortho nitro benzene ring substituents is 1. The fraction of sp³-hybridized carbons (Fsp3) is 0.333. The molecule has 0 unspecified atom stereocenters. The van der Waals surface area contributed by atoms with E-state index >= 15 is 0 Å². The number of nitro groups is 1. The van der Waals surface area contributed by atoms with E-state index in [2.05, 4.69) is 9.88 Å². The molecule has 0 saturated carbocycles. The molecule has 5 rings (SSSR count). The lowest BCUT2D eigenvalue weighted by molar-refractivity contribution is -0.384. The van der Waals surface area contributed by atoms with Crippen LogP contribution >= 0.6 is 0 Å². The molecule has 3 heterocycles. The Morgan fingerprint density at radius 1 is 1.06 bits per heavy atom. The Morgan fingerprint density at radius 3 is 2.54 bits per heavy atom. The number of aromatic nitrogens is 2. The van der Waals surface area contributed by atoms with E-state index in [4.69, 9.17) is 14.5 Å². The van der Waals surface area contributed by atoms with E-state index in [9.17, 15) is 18.9 Å². The van der Waals surface area contributed by atoms with Crippen molar-refractivity contribution >= 4 is 11.6 Å². The van der Waals surface area contributed by atoms with Crippen molar-refractivity contribution in [2.45, 2.75) is 19.5 Å². The number of ether oxygens (including phenoxy) is 2. The van der Waals surface area contributed by atoms with Crippen LogP contribution in [0, 0.1) is 21.7 Å². The third kappa shape index (κ3) is 5.20. The number of rotatable bonds is 6. The van der Waals surface area contributed by atoms with Crippen LogP contribution in [0.15, 0.2) is 42.5 Å². The Labute approximate surface area is 200 Å². The summed E-state index contributed by atoms with van der Waals surface area (Å²) in [7, 11) is 0. The monoisotopic (exact) mass is 483 g/mol. The predicted molar refractivity (Wildman–Crippen MR) is 122 cm³/mol. The minimum absolute atomic E-state index is 0.0405. The first-order chi connectivity index (χ1) is 17.0. The Hall–Kier alpha value is -3.70. The largest absolute Gasteiger partial charge is 0.435 e. The molecule has 1 fully saturated rings. The molecule has 9 nitrogen and oxygen atoms in total. The summed E-state index contributed by atoms with van der Waals surface area (Å²) in [4.78, 5) is 24.0. The van der Waals surface area contributed by atoms with Crippen LogP contribution in [0.25, 0.3) is 0 Å². The van der Waals surface area contributed by atoms with Gasteiger partial charge in [-0.1, -0.05) is 12.1 Å². The molecule has 0 spiro atoms. The number of halogens is 2. The fourth-order valence-corrected chi connectivity index (χ4v) is 4.19. The predicted octanol–water partition coefficient (Wildman–Crippen LogP) is 3.85. The molecule has 0 atom stereocenters. The molecule has 1 saturated heterocycles. The van der Waals surface area contributed by atoms with E-state index in [0.29, 0.717) is 58.3 Å². The molecule has 0 N–H and O–H groups in total. The highest BCUT2D eigenvalue weighted by Gasteiger charge is 2.27. The van der Waals surface area contributed by atoms with Crippen molar-refractivity contribution in [1.82, 2.24) is 14.9 Å². The van der Waals surface area contributed by atoms with Gasteiger partial charge in [-0.2, -0.15) is 4.98 Å². The van der Waals surface area contributed by atoms with Gasteiger partial charge in [-0.25, -0.2) is 13.8 Å². The normalized spacial score (nSPS) is 16.1. The lowest BCUT2D eigenvalue weighted by Crippen LogP contribution is -2.38. The number of hydrogen-bond acceptors (Lipinski definition) is 8. The summed E-state index contributed by atoms with van der Waals surface area (Å²) < 4.78 is 39.1. The first-order valence-electron chi connectivity index (χ1n) is 11.3. The maximum atomic E-state index is 14.4. The molecule has 2 aliphatic rings. The summed E-state index contributed by atoms with van der Waals surface area (Å²) in [5.41, 5.74) is 2.52. The van der Waals surface area contributed by atoms with Gasteiger partial charge in [0, 0.05) is 57.3 Å². The molecule has 0 radical (unpaired) electrons. The maximum absolute atomic E-state index is 14.4. The Morgan fingerprint density at radius 2 is 1.83 bits per heavy atom. The molecular weight excluding hydrogens is 460 g/mol. The summed E-state index contributed by atoms with van der Waals surface area (Å²) in [6.45, 7) is 4.12. The molecule has 2 aliphatic heterocycles. The molecule has 1 aromatic heterocycles. The highest BCUT2D eigenvalue weighted by molar-refractivity contribution is 5.44. The fourth-order valence-electron chi connectivity index (χ4n) is 4.19. The Bertz CT molecular complexity index is 1240. The summed E-state index contributed by atoms with van der Waals surface area (Å²) in [6.07, 6.45) is 0.629. The van der Waals surface area contributed by atoms with Gasteiger partial charge in [0.05, 0.1) is 29.4 Å². The molecule has 0 aliphatic carbocycles. The van der Waals surface area contributed by atoms with Crippen molar-refractivity contribution in [1.29, 1.82) is 0 Å². The molecule has 3 aromatic rings. The van der Waals surface area contributed by atoms with E-state index in [-0.39, 0.29) is 17.3 Å². The summed E-state index contributed by atoms with van der Waals surface area (Å²) in [5.74, 6) is -0.900. The van der Waals surface area contributed by atoms with Gasteiger partial charge in [0.2, 0.25) is 11.8 Å². The first kappa shape index (κ1) is 23.1. The smallest absolute Gasteiger partial charge is 0.269 e. The van der Waals surface area contributed by atoms with Gasteiger partial charge < -0.3 is 14.4 Å². The highest BCUT2D eigenvalue weighted by atomic mass is 19.1. The van der Waals surface area contributed by atoms with E-state index in [1.165, 1.54) is 18.2 Å². The highest BCUT2D eigenvalue weighted by Crippen LogP contribution is 2.33. The van der Waals surface area contributed by atoms with Crippen LogP contribution in [0.2, 0.25) is 0 Å². The quantitative estimate of drug-likeness (QED) is 0.386. The Kier molecular flexibility index (Phi) is 6.51. The lowest BCUT2D eigenvalue weighted by atomic mass is 10.1. The van der Waals surface area contributed by atoms with Crippen molar-refractivity contribution in [3.63, 3.8) is 0 Å².